The first-order chi connectivity index (χ1) is 8.76. The lowest BCUT2D eigenvalue weighted by Gasteiger charge is -2.48. The zero-order chi connectivity index (χ0) is 14.4. The van der Waals surface area contributed by atoms with Gasteiger partial charge in [0.25, 0.3) is 0 Å². The molecule has 1 saturated heterocycles. The molecule has 19 heavy (non-hydrogen) atoms. The Kier molecular flexibility index (Phi) is 3.66. The van der Waals surface area contributed by atoms with Gasteiger partial charge >= 0.3 is 5.97 Å². The quantitative estimate of drug-likeness (QED) is 0.610. The summed E-state index contributed by atoms with van der Waals surface area (Å²) in [5, 5.41) is -0.120. The Labute approximate surface area is 117 Å². The number of carbonyl (C=O) groups excluding carboxylic acids is 2. The van der Waals surface area contributed by atoms with Gasteiger partial charge in [-0.05, 0) is 32.8 Å². The number of β-lactam (4-membered cyclic amide) rings is 1. The zero-order valence-electron chi connectivity index (χ0n) is 11.7. The van der Waals surface area contributed by atoms with Crippen molar-refractivity contribution in [3.05, 3.63) is 11.3 Å². The Morgan fingerprint density at radius 2 is 2.16 bits per heavy atom. The van der Waals surface area contributed by atoms with E-state index in [-0.39, 0.29) is 11.3 Å². The Hall–Kier alpha value is -1.01. The zero-order valence-corrected chi connectivity index (χ0v) is 12.5. The number of hydrogen-bond donors (Lipinski definition) is 1. The molecule has 0 aromatic carbocycles. The molecule has 2 N–H and O–H groups in total. The van der Waals surface area contributed by atoms with Gasteiger partial charge in [0, 0.05) is 5.75 Å². The van der Waals surface area contributed by atoms with Gasteiger partial charge in [0.15, 0.2) is 0 Å². The monoisotopic (exact) mass is 284 g/mol. The van der Waals surface area contributed by atoms with Crippen molar-refractivity contribution in [2.45, 2.75) is 51.1 Å². The van der Waals surface area contributed by atoms with E-state index < -0.39 is 17.6 Å². The summed E-state index contributed by atoms with van der Waals surface area (Å²) < 4.78 is 5.40. The lowest BCUT2D eigenvalue weighted by atomic mass is 10.0. The molecule has 2 rings (SSSR count). The fourth-order valence-electron chi connectivity index (χ4n) is 2.17. The van der Waals surface area contributed by atoms with E-state index in [1.54, 1.807) is 11.8 Å². The van der Waals surface area contributed by atoms with Crippen LogP contribution < -0.4 is 5.73 Å². The lowest BCUT2D eigenvalue weighted by molar-refractivity contribution is -0.158. The molecule has 0 aliphatic carbocycles. The normalized spacial score (nSPS) is 27.0. The highest BCUT2D eigenvalue weighted by atomic mass is 32.2. The number of ether oxygens (including phenoxy) is 1. The summed E-state index contributed by atoms with van der Waals surface area (Å²) in [7, 11) is 0. The second kappa shape index (κ2) is 4.83. The third-order valence-corrected chi connectivity index (χ3v) is 4.47. The van der Waals surface area contributed by atoms with Gasteiger partial charge in [-0.1, -0.05) is 6.92 Å². The van der Waals surface area contributed by atoms with Crippen molar-refractivity contribution in [3.8, 4) is 0 Å². The molecule has 0 saturated carbocycles. The average Bonchev–Trinajstić information content (AvgIpc) is 2.33. The second-order valence-electron chi connectivity index (χ2n) is 5.74. The van der Waals surface area contributed by atoms with Gasteiger partial charge < -0.3 is 10.5 Å². The van der Waals surface area contributed by atoms with E-state index in [2.05, 4.69) is 0 Å². The highest BCUT2D eigenvalue weighted by Crippen LogP contribution is 2.40. The molecule has 6 heteroatoms. The summed E-state index contributed by atoms with van der Waals surface area (Å²) in [6, 6.07) is -0.499. The van der Waals surface area contributed by atoms with Crippen LogP contribution in [0.4, 0.5) is 0 Å². The van der Waals surface area contributed by atoms with Crippen LogP contribution in [0.5, 0.6) is 0 Å². The van der Waals surface area contributed by atoms with Gasteiger partial charge in [0.2, 0.25) is 5.91 Å². The first kappa shape index (κ1) is 14.4. The van der Waals surface area contributed by atoms with Crippen molar-refractivity contribution < 1.29 is 14.3 Å². The first-order valence-electron chi connectivity index (χ1n) is 6.42. The van der Waals surface area contributed by atoms with Crippen LogP contribution in [-0.4, -0.2) is 39.5 Å². The van der Waals surface area contributed by atoms with Gasteiger partial charge in [0.05, 0.1) is 0 Å². The van der Waals surface area contributed by atoms with Crippen LogP contribution in [0.2, 0.25) is 0 Å². The van der Waals surface area contributed by atoms with Crippen molar-refractivity contribution in [2.24, 2.45) is 5.73 Å². The number of rotatable bonds is 2. The number of carbonyl (C=O) groups is 2. The molecular formula is C13H20N2O3S. The summed E-state index contributed by atoms with van der Waals surface area (Å²) in [6.07, 6.45) is 0.729. The van der Waals surface area contributed by atoms with Gasteiger partial charge in [-0.25, -0.2) is 4.79 Å². The summed E-state index contributed by atoms with van der Waals surface area (Å²) in [5.41, 5.74) is 6.56. The standard InChI is InChI=1S/C13H20N2O3S/c1-5-7-6-19-11-8(14)10(16)15(11)9(7)12(17)18-13(2,3)4/h8,11H,5-6,14H2,1-4H3/t8-,11-/m1/s1. The van der Waals surface area contributed by atoms with E-state index in [1.165, 1.54) is 4.90 Å². The van der Waals surface area contributed by atoms with E-state index in [4.69, 9.17) is 10.5 Å². The van der Waals surface area contributed by atoms with Crippen LogP contribution in [0.3, 0.4) is 0 Å². The largest absolute Gasteiger partial charge is 0.455 e. The molecule has 2 heterocycles. The maximum Gasteiger partial charge on any atom is 0.355 e. The Balaban J connectivity index is 2.30. The maximum atomic E-state index is 12.3. The van der Waals surface area contributed by atoms with Gasteiger partial charge in [-0.15, -0.1) is 11.8 Å². The topological polar surface area (TPSA) is 72.6 Å². The minimum Gasteiger partial charge on any atom is -0.455 e. The van der Waals surface area contributed by atoms with E-state index >= 15 is 0 Å². The first-order valence-corrected chi connectivity index (χ1v) is 7.46. The molecule has 2 aliphatic heterocycles. The fraction of sp³-hybridized carbons (Fsp3) is 0.692. The molecule has 0 bridgehead atoms. The highest BCUT2D eigenvalue weighted by molar-refractivity contribution is 8.00. The van der Waals surface area contributed by atoms with E-state index in [0.29, 0.717) is 5.70 Å². The average molecular weight is 284 g/mol. The molecule has 0 aromatic rings. The smallest absolute Gasteiger partial charge is 0.355 e. The van der Waals surface area contributed by atoms with Crippen LogP contribution >= 0.6 is 11.8 Å². The van der Waals surface area contributed by atoms with Crippen LogP contribution in [0.15, 0.2) is 11.3 Å². The molecule has 0 aromatic heterocycles. The van der Waals surface area contributed by atoms with E-state index in [0.717, 1.165) is 17.7 Å². The van der Waals surface area contributed by atoms with Crippen molar-refractivity contribution in [1.82, 2.24) is 4.90 Å². The summed E-state index contributed by atoms with van der Waals surface area (Å²) in [5.74, 6) is 0.117. The number of esters is 1. The Morgan fingerprint density at radius 1 is 1.53 bits per heavy atom. The molecule has 5 nitrogen and oxygen atoms in total. The summed E-state index contributed by atoms with van der Waals surface area (Å²) in [4.78, 5) is 25.7. The number of nitrogens with two attached hydrogens (primary N) is 1. The molecule has 1 amide bonds. The number of hydrogen-bond acceptors (Lipinski definition) is 5. The minimum atomic E-state index is -0.570. The van der Waals surface area contributed by atoms with E-state index in [9.17, 15) is 9.59 Å². The van der Waals surface area contributed by atoms with Gasteiger partial charge in [0.1, 0.15) is 22.7 Å². The third-order valence-electron chi connectivity index (χ3n) is 3.11. The predicted molar refractivity (Wildman–Crippen MR) is 74.2 cm³/mol. The number of nitrogens with zero attached hydrogens (tertiary/aromatic N) is 1. The molecule has 1 fully saturated rings. The molecular weight excluding hydrogens is 264 g/mol. The second-order valence-corrected chi connectivity index (χ2v) is 6.85. The van der Waals surface area contributed by atoms with E-state index in [1.807, 2.05) is 27.7 Å². The lowest BCUT2D eigenvalue weighted by Crippen LogP contribution is -2.68. The molecule has 0 unspecified atom stereocenters. The Bertz CT molecular complexity index is 453. The van der Waals surface area contributed by atoms with Crippen molar-refractivity contribution in [1.29, 1.82) is 0 Å². The van der Waals surface area contributed by atoms with Crippen molar-refractivity contribution in [2.75, 3.05) is 5.75 Å². The molecule has 2 aliphatic rings. The molecule has 0 spiro atoms. The van der Waals surface area contributed by atoms with Gasteiger partial charge in [-0.2, -0.15) is 0 Å². The maximum absolute atomic E-state index is 12.3. The van der Waals surface area contributed by atoms with Crippen LogP contribution in [0, 0.1) is 0 Å². The minimum absolute atomic E-state index is 0.120. The summed E-state index contributed by atoms with van der Waals surface area (Å²) >= 11 is 1.61. The molecule has 0 radical (unpaired) electrons. The number of amides is 1. The predicted octanol–water partition coefficient (Wildman–Crippen LogP) is 1.23. The number of thioether (sulfide) groups is 1. The molecule has 106 valence electrons. The van der Waals surface area contributed by atoms with Crippen molar-refractivity contribution >= 4 is 23.6 Å². The van der Waals surface area contributed by atoms with Crippen LogP contribution in [0.1, 0.15) is 34.1 Å². The van der Waals surface area contributed by atoms with Gasteiger partial charge in [-0.3, -0.25) is 9.69 Å². The van der Waals surface area contributed by atoms with Crippen LogP contribution in [0.25, 0.3) is 0 Å². The van der Waals surface area contributed by atoms with Crippen molar-refractivity contribution in [3.63, 3.8) is 0 Å². The SMILES string of the molecule is CCC1=C(C(=O)OC(C)(C)C)N2C(=O)[C@@H](N)[C@H]2SC1. The highest BCUT2D eigenvalue weighted by Gasteiger charge is 2.52. The molecule has 2 atom stereocenters. The number of fused-ring (bicyclic) bond motifs is 1. The fourth-order valence-corrected chi connectivity index (χ4v) is 3.56. The third kappa shape index (κ3) is 2.51. The Morgan fingerprint density at radius 3 is 2.68 bits per heavy atom. The summed E-state index contributed by atoms with van der Waals surface area (Å²) in [6.45, 7) is 7.42. The van der Waals surface area contributed by atoms with Crippen LogP contribution in [-0.2, 0) is 14.3 Å².